The first kappa shape index (κ1) is 18.1. The molecule has 0 amide bonds. The molecule has 0 N–H and O–H groups in total. The van der Waals surface area contributed by atoms with Crippen molar-refractivity contribution in [2.75, 3.05) is 6.61 Å². The van der Waals surface area contributed by atoms with E-state index in [-0.39, 0.29) is 22.9 Å². The number of fused-ring (bicyclic) bond motifs is 1. The number of esters is 1. The summed E-state index contributed by atoms with van der Waals surface area (Å²) in [5.74, 6) is 0.138. The number of hydrogen-bond acceptors (Lipinski definition) is 6. The minimum atomic E-state index is -0.351. The molecule has 1 aliphatic rings. The monoisotopic (exact) mass is 364 g/mol. The Bertz CT molecular complexity index is 755. The zero-order valence-electron chi connectivity index (χ0n) is 14.5. The Morgan fingerprint density at radius 3 is 2.80 bits per heavy atom. The van der Waals surface area contributed by atoms with E-state index in [4.69, 9.17) is 13.9 Å². The average Bonchev–Trinajstić information content (AvgIpc) is 2.98. The fourth-order valence-corrected chi connectivity index (χ4v) is 3.83. The van der Waals surface area contributed by atoms with Crippen LogP contribution in [0, 0.1) is 5.92 Å². The highest BCUT2D eigenvalue weighted by Crippen LogP contribution is 2.29. The fraction of sp³-hybridized carbons (Fsp3) is 0.579. The highest BCUT2D eigenvalue weighted by molar-refractivity contribution is 7.16. The van der Waals surface area contributed by atoms with Crippen LogP contribution in [-0.4, -0.2) is 18.7 Å². The summed E-state index contributed by atoms with van der Waals surface area (Å²) in [5.41, 5.74) is 0.462. The van der Waals surface area contributed by atoms with Crippen LogP contribution in [0.1, 0.15) is 51.9 Å². The number of ether oxygens (including phenoxy) is 2. The van der Waals surface area contributed by atoms with Crippen LogP contribution >= 0.6 is 11.3 Å². The van der Waals surface area contributed by atoms with Gasteiger partial charge in [0, 0.05) is 12.7 Å². The number of rotatable bonds is 7. The molecule has 0 aliphatic heterocycles. The third kappa shape index (κ3) is 4.92. The first-order valence-electron chi connectivity index (χ1n) is 9.02. The van der Waals surface area contributed by atoms with Gasteiger partial charge in [0.05, 0.1) is 16.7 Å². The van der Waals surface area contributed by atoms with Crippen LogP contribution in [0.3, 0.4) is 0 Å². The summed E-state index contributed by atoms with van der Waals surface area (Å²) >= 11 is 1.04. The lowest BCUT2D eigenvalue weighted by atomic mass is 9.87. The van der Waals surface area contributed by atoms with E-state index in [1.807, 2.05) is 0 Å². The van der Waals surface area contributed by atoms with Crippen molar-refractivity contribution in [1.82, 2.24) is 0 Å². The molecule has 0 bridgehead atoms. The zero-order valence-corrected chi connectivity index (χ0v) is 15.3. The molecular formula is C19H24O5S. The molecule has 25 heavy (non-hydrogen) atoms. The minimum Gasteiger partial charge on any atom is -0.426 e. The van der Waals surface area contributed by atoms with Gasteiger partial charge >= 0.3 is 10.9 Å². The third-order valence-electron chi connectivity index (χ3n) is 4.63. The number of carbonyl (C=O) groups excluding carboxylic acids is 1. The first-order chi connectivity index (χ1) is 12.2. The lowest BCUT2D eigenvalue weighted by molar-refractivity contribution is -0.141. The van der Waals surface area contributed by atoms with Crippen LogP contribution in [0.2, 0.25) is 0 Å². The standard InChI is InChI=1S/C19H24O5S/c1-2-3-4-11-22-14-7-5-13(6-8-14)18(20)23-15-9-10-17-16(12-15)24-19(21)25-17/h9-10,12-14H,2-8,11H2,1H3. The van der Waals surface area contributed by atoms with Crippen molar-refractivity contribution in [1.29, 1.82) is 0 Å². The third-order valence-corrected chi connectivity index (χ3v) is 5.44. The van der Waals surface area contributed by atoms with E-state index in [1.165, 1.54) is 12.8 Å². The summed E-state index contributed by atoms with van der Waals surface area (Å²) in [7, 11) is 0. The van der Waals surface area contributed by atoms with E-state index in [1.54, 1.807) is 18.2 Å². The molecule has 0 saturated heterocycles. The van der Waals surface area contributed by atoms with Crippen LogP contribution in [0.5, 0.6) is 5.75 Å². The summed E-state index contributed by atoms with van der Waals surface area (Å²) in [6.45, 7) is 3.00. The van der Waals surface area contributed by atoms with Crippen molar-refractivity contribution in [3.63, 3.8) is 0 Å². The maximum absolute atomic E-state index is 12.4. The quantitative estimate of drug-likeness (QED) is 0.410. The topological polar surface area (TPSA) is 65.7 Å². The average molecular weight is 364 g/mol. The number of carbonyl (C=O) groups is 1. The van der Waals surface area contributed by atoms with Gasteiger partial charge in [0.25, 0.3) is 0 Å². The highest BCUT2D eigenvalue weighted by Gasteiger charge is 2.28. The summed E-state index contributed by atoms with van der Waals surface area (Å²) in [4.78, 5) is 23.3. The van der Waals surface area contributed by atoms with Crippen molar-refractivity contribution in [2.24, 2.45) is 5.92 Å². The van der Waals surface area contributed by atoms with Gasteiger partial charge in [-0.3, -0.25) is 4.79 Å². The SMILES string of the molecule is CCCCCOC1CCC(C(=O)Oc2ccc3sc(=O)oc3c2)CC1. The molecule has 1 heterocycles. The van der Waals surface area contributed by atoms with E-state index >= 15 is 0 Å². The van der Waals surface area contributed by atoms with E-state index in [9.17, 15) is 9.59 Å². The molecule has 136 valence electrons. The predicted octanol–water partition coefficient (Wildman–Crippen LogP) is 4.53. The molecule has 0 radical (unpaired) electrons. The fourth-order valence-electron chi connectivity index (χ4n) is 3.18. The van der Waals surface area contributed by atoms with Crippen LogP contribution in [0.25, 0.3) is 10.3 Å². The number of benzene rings is 1. The van der Waals surface area contributed by atoms with Crippen molar-refractivity contribution in [2.45, 2.75) is 58.0 Å². The van der Waals surface area contributed by atoms with Crippen molar-refractivity contribution >= 4 is 27.6 Å². The molecule has 6 heteroatoms. The van der Waals surface area contributed by atoms with Gasteiger partial charge in [0.15, 0.2) is 5.58 Å². The Hall–Kier alpha value is -1.66. The minimum absolute atomic E-state index is 0.0827. The summed E-state index contributed by atoms with van der Waals surface area (Å²) in [5, 5.41) is 0. The molecule has 0 atom stereocenters. The second-order valence-electron chi connectivity index (χ2n) is 6.54. The van der Waals surface area contributed by atoms with Crippen LogP contribution in [0.15, 0.2) is 27.4 Å². The largest absolute Gasteiger partial charge is 0.426 e. The summed E-state index contributed by atoms with van der Waals surface area (Å²) < 4.78 is 17.2. The van der Waals surface area contributed by atoms with Crippen LogP contribution < -0.4 is 9.68 Å². The lowest BCUT2D eigenvalue weighted by Gasteiger charge is -2.27. The molecule has 1 fully saturated rings. The van der Waals surface area contributed by atoms with E-state index in [0.29, 0.717) is 11.3 Å². The van der Waals surface area contributed by atoms with Gasteiger partial charge in [-0.05, 0) is 44.2 Å². The maximum atomic E-state index is 12.4. The number of unbranched alkanes of at least 4 members (excludes halogenated alkanes) is 2. The molecule has 1 aliphatic carbocycles. The molecule has 3 rings (SSSR count). The number of hydrogen-bond donors (Lipinski definition) is 0. The van der Waals surface area contributed by atoms with Gasteiger partial charge in [0.2, 0.25) is 0 Å². The predicted molar refractivity (Wildman–Crippen MR) is 97.2 cm³/mol. The molecule has 5 nitrogen and oxygen atoms in total. The molecule has 0 unspecified atom stereocenters. The van der Waals surface area contributed by atoms with Gasteiger partial charge in [-0.25, -0.2) is 4.79 Å². The zero-order chi connectivity index (χ0) is 17.6. The Labute approximate surface area is 150 Å². The Morgan fingerprint density at radius 1 is 1.24 bits per heavy atom. The second kappa shape index (κ2) is 8.63. The Morgan fingerprint density at radius 2 is 2.04 bits per heavy atom. The summed E-state index contributed by atoms with van der Waals surface area (Å²) in [6, 6.07) is 5.05. The van der Waals surface area contributed by atoms with Crippen LogP contribution in [0.4, 0.5) is 0 Å². The van der Waals surface area contributed by atoms with Gasteiger partial charge in [-0.2, -0.15) is 0 Å². The van der Waals surface area contributed by atoms with Crippen molar-refractivity contribution in [3.8, 4) is 5.75 Å². The van der Waals surface area contributed by atoms with E-state index < -0.39 is 0 Å². The van der Waals surface area contributed by atoms with Gasteiger partial charge in [-0.1, -0.05) is 31.1 Å². The van der Waals surface area contributed by atoms with E-state index in [0.717, 1.165) is 54.7 Å². The molecule has 1 aromatic carbocycles. The van der Waals surface area contributed by atoms with Gasteiger partial charge < -0.3 is 13.9 Å². The maximum Gasteiger partial charge on any atom is 0.396 e. The van der Waals surface area contributed by atoms with Gasteiger partial charge in [-0.15, -0.1) is 0 Å². The van der Waals surface area contributed by atoms with E-state index in [2.05, 4.69) is 6.92 Å². The highest BCUT2D eigenvalue weighted by atomic mass is 32.1. The smallest absolute Gasteiger partial charge is 0.396 e. The summed E-state index contributed by atoms with van der Waals surface area (Å²) in [6.07, 6.45) is 7.20. The molecule has 1 aromatic heterocycles. The molecule has 2 aromatic rings. The van der Waals surface area contributed by atoms with Crippen LogP contribution in [-0.2, 0) is 9.53 Å². The Kier molecular flexibility index (Phi) is 6.26. The second-order valence-corrected chi connectivity index (χ2v) is 7.51. The molecule has 0 spiro atoms. The van der Waals surface area contributed by atoms with Crippen molar-refractivity contribution < 1.29 is 18.7 Å². The Balaban J connectivity index is 1.48. The van der Waals surface area contributed by atoms with Gasteiger partial charge in [0.1, 0.15) is 5.75 Å². The molecule has 1 saturated carbocycles. The van der Waals surface area contributed by atoms with Crippen molar-refractivity contribution in [3.05, 3.63) is 27.9 Å². The normalized spacial score (nSPS) is 20.7. The first-order valence-corrected chi connectivity index (χ1v) is 9.84. The lowest BCUT2D eigenvalue weighted by Crippen LogP contribution is -2.29. The molecular weight excluding hydrogens is 340 g/mol.